The van der Waals surface area contributed by atoms with E-state index in [1.165, 1.54) is 12.8 Å². The first-order valence-corrected chi connectivity index (χ1v) is 8.10. The van der Waals surface area contributed by atoms with Crippen LogP contribution in [0.2, 0.25) is 0 Å². The predicted molar refractivity (Wildman–Crippen MR) is 70.8 cm³/mol. The molecule has 1 heterocycles. The Kier molecular flexibility index (Phi) is 2.94. The van der Waals surface area contributed by atoms with Gasteiger partial charge in [-0.1, -0.05) is 24.1 Å². The van der Waals surface area contributed by atoms with Crippen LogP contribution in [0, 0.1) is 12.8 Å². The zero-order valence-corrected chi connectivity index (χ0v) is 11.5. The number of hydrogen-bond acceptors (Lipinski definition) is 2. The van der Waals surface area contributed by atoms with E-state index < -0.39 is 10.0 Å². The molecule has 0 amide bonds. The van der Waals surface area contributed by atoms with Crippen LogP contribution >= 0.6 is 0 Å². The van der Waals surface area contributed by atoms with Gasteiger partial charge < -0.3 is 0 Å². The lowest BCUT2D eigenvalue weighted by Gasteiger charge is -2.24. The molecule has 98 valence electrons. The molecule has 1 aromatic carbocycles. The van der Waals surface area contributed by atoms with E-state index in [1.54, 1.807) is 16.4 Å². The summed E-state index contributed by atoms with van der Waals surface area (Å²) in [4.78, 5) is 0.445. The standard InChI is InChI=1S/C14H19NO2S/c1-11-5-7-14(8-6-11)18(16,17)15-10-12-3-2-4-13(15)9-12/h5-8,12-13H,2-4,9-10H2,1H3/t12-,13-/m0/s1. The summed E-state index contributed by atoms with van der Waals surface area (Å²) in [5.41, 5.74) is 1.09. The molecule has 1 aliphatic carbocycles. The molecule has 2 fully saturated rings. The molecule has 1 aromatic rings. The Labute approximate surface area is 109 Å². The van der Waals surface area contributed by atoms with Crippen LogP contribution in [0.4, 0.5) is 0 Å². The van der Waals surface area contributed by atoms with Gasteiger partial charge in [-0.25, -0.2) is 8.42 Å². The van der Waals surface area contributed by atoms with E-state index in [2.05, 4.69) is 0 Å². The minimum absolute atomic E-state index is 0.245. The van der Waals surface area contributed by atoms with Crippen LogP contribution in [0.5, 0.6) is 0 Å². The van der Waals surface area contributed by atoms with Gasteiger partial charge in [-0.15, -0.1) is 0 Å². The molecule has 3 nitrogen and oxygen atoms in total. The van der Waals surface area contributed by atoms with Gasteiger partial charge in [0.25, 0.3) is 0 Å². The molecular formula is C14H19NO2S. The van der Waals surface area contributed by atoms with Gasteiger partial charge in [0, 0.05) is 12.6 Å². The Morgan fingerprint density at radius 2 is 1.89 bits per heavy atom. The van der Waals surface area contributed by atoms with E-state index in [1.807, 2.05) is 19.1 Å². The van der Waals surface area contributed by atoms with Crippen molar-refractivity contribution in [3.8, 4) is 0 Å². The average Bonchev–Trinajstić information content (AvgIpc) is 2.65. The molecule has 2 atom stereocenters. The normalized spacial score (nSPS) is 28.5. The molecule has 1 saturated carbocycles. The second kappa shape index (κ2) is 4.35. The monoisotopic (exact) mass is 265 g/mol. The fourth-order valence-electron chi connectivity index (χ4n) is 3.23. The summed E-state index contributed by atoms with van der Waals surface area (Å²) in [6.07, 6.45) is 4.46. The average molecular weight is 265 g/mol. The fraction of sp³-hybridized carbons (Fsp3) is 0.571. The van der Waals surface area contributed by atoms with Crippen molar-refractivity contribution in [2.24, 2.45) is 5.92 Å². The molecule has 4 heteroatoms. The van der Waals surface area contributed by atoms with Crippen molar-refractivity contribution in [2.75, 3.05) is 6.54 Å². The minimum atomic E-state index is -3.28. The highest BCUT2D eigenvalue weighted by atomic mass is 32.2. The van der Waals surface area contributed by atoms with Crippen molar-refractivity contribution in [1.29, 1.82) is 0 Å². The molecule has 2 aliphatic rings. The van der Waals surface area contributed by atoms with E-state index in [0.29, 0.717) is 10.8 Å². The zero-order chi connectivity index (χ0) is 12.8. The molecule has 0 radical (unpaired) electrons. The molecule has 0 N–H and O–H groups in total. The number of sulfonamides is 1. The first-order chi connectivity index (χ1) is 8.57. The van der Waals surface area contributed by atoms with Gasteiger partial charge in [-0.3, -0.25) is 0 Å². The highest BCUT2D eigenvalue weighted by Gasteiger charge is 2.41. The first kappa shape index (κ1) is 12.2. The van der Waals surface area contributed by atoms with Crippen molar-refractivity contribution in [3.05, 3.63) is 29.8 Å². The van der Waals surface area contributed by atoms with Crippen LogP contribution in [0.15, 0.2) is 29.2 Å². The Hall–Kier alpha value is -0.870. The van der Waals surface area contributed by atoms with Crippen LogP contribution in [0.3, 0.4) is 0 Å². The van der Waals surface area contributed by atoms with Gasteiger partial charge in [0.1, 0.15) is 0 Å². The van der Waals surface area contributed by atoms with E-state index in [4.69, 9.17) is 0 Å². The van der Waals surface area contributed by atoms with Crippen LogP contribution < -0.4 is 0 Å². The fourth-order valence-corrected chi connectivity index (χ4v) is 4.98. The summed E-state index contributed by atoms with van der Waals surface area (Å²) < 4.78 is 27.0. The van der Waals surface area contributed by atoms with Gasteiger partial charge >= 0.3 is 0 Å². The van der Waals surface area contributed by atoms with Gasteiger partial charge in [0.05, 0.1) is 4.90 Å². The quantitative estimate of drug-likeness (QED) is 0.824. The Morgan fingerprint density at radius 3 is 2.56 bits per heavy atom. The molecule has 0 unspecified atom stereocenters. The van der Waals surface area contributed by atoms with Crippen LogP contribution in [-0.2, 0) is 10.0 Å². The van der Waals surface area contributed by atoms with E-state index in [0.717, 1.165) is 24.9 Å². The number of aryl methyl sites for hydroxylation is 1. The lowest BCUT2D eigenvalue weighted by Crippen LogP contribution is -2.35. The summed E-state index contributed by atoms with van der Waals surface area (Å²) >= 11 is 0. The van der Waals surface area contributed by atoms with Gasteiger partial charge in [-0.05, 0) is 44.2 Å². The number of benzene rings is 1. The molecule has 1 aliphatic heterocycles. The van der Waals surface area contributed by atoms with Crippen LogP contribution in [0.25, 0.3) is 0 Å². The number of rotatable bonds is 2. The maximum absolute atomic E-state index is 12.6. The number of hydrogen-bond donors (Lipinski definition) is 0. The summed E-state index contributed by atoms with van der Waals surface area (Å²) in [6.45, 7) is 2.69. The van der Waals surface area contributed by atoms with Gasteiger partial charge in [0.2, 0.25) is 10.0 Å². The van der Waals surface area contributed by atoms with Crippen molar-refractivity contribution in [1.82, 2.24) is 4.31 Å². The van der Waals surface area contributed by atoms with Crippen molar-refractivity contribution in [3.63, 3.8) is 0 Å². The molecule has 1 saturated heterocycles. The summed E-state index contributed by atoms with van der Waals surface area (Å²) in [6, 6.07) is 7.44. The Morgan fingerprint density at radius 1 is 1.17 bits per heavy atom. The highest BCUT2D eigenvalue weighted by molar-refractivity contribution is 7.89. The molecule has 3 rings (SSSR count). The summed E-state index contributed by atoms with van der Waals surface area (Å²) in [5.74, 6) is 0.587. The van der Waals surface area contributed by atoms with Crippen molar-refractivity contribution >= 4 is 10.0 Å². The maximum Gasteiger partial charge on any atom is 0.243 e. The second-order valence-electron chi connectivity index (χ2n) is 5.57. The van der Waals surface area contributed by atoms with Gasteiger partial charge in [-0.2, -0.15) is 4.31 Å². The van der Waals surface area contributed by atoms with E-state index in [9.17, 15) is 8.42 Å². The largest absolute Gasteiger partial charge is 0.243 e. The van der Waals surface area contributed by atoms with Gasteiger partial charge in [0.15, 0.2) is 0 Å². The Bertz CT molecular complexity index is 535. The SMILES string of the molecule is Cc1ccc(S(=O)(=O)N2C[C@H]3CCC[C@H]2C3)cc1. The first-order valence-electron chi connectivity index (χ1n) is 6.66. The minimum Gasteiger partial charge on any atom is -0.207 e. The highest BCUT2D eigenvalue weighted by Crippen LogP contribution is 2.38. The third-order valence-corrected chi connectivity index (χ3v) is 6.16. The third-order valence-electron chi connectivity index (χ3n) is 4.23. The second-order valence-corrected chi connectivity index (χ2v) is 7.46. The summed E-state index contributed by atoms with van der Waals surface area (Å²) in [5, 5.41) is 0. The molecule has 18 heavy (non-hydrogen) atoms. The van der Waals surface area contributed by atoms with Crippen LogP contribution in [0.1, 0.15) is 31.2 Å². The molecule has 0 aromatic heterocycles. The lowest BCUT2D eigenvalue weighted by molar-refractivity contribution is 0.356. The van der Waals surface area contributed by atoms with E-state index in [-0.39, 0.29) is 6.04 Å². The third kappa shape index (κ3) is 1.97. The number of fused-ring (bicyclic) bond motifs is 2. The molecular weight excluding hydrogens is 246 g/mol. The van der Waals surface area contributed by atoms with Crippen molar-refractivity contribution < 1.29 is 8.42 Å². The number of nitrogens with zero attached hydrogens (tertiary/aromatic N) is 1. The molecule has 2 bridgehead atoms. The van der Waals surface area contributed by atoms with Crippen molar-refractivity contribution in [2.45, 2.75) is 43.5 Å². The van der Waals surface area contributed by atoms with E-state index >= 15 is 0 Å². The topological polar surface area (TPSA) is 37.4 Å². The summed E-state index contributed by atoms with van der Waals surface area (Å²) in [7, 11) is -3.28. The Balaban J connectivity index is 1.93. The lowest BCUT2D eigenvalue weighted by atomic mass is 9.91. The maximum atomic E-state index is 12.6. The molecule has 0 spiro atoms. The smallest absolute Gasteiger partial charge is 0.207 e. The zero-order valence-electron chi connectivity index (χ0n) is 10.7. The predicted octanol–water partition coefficient (Wildman–Crippen LogP) is 2.56. The van der Waals surface area contributed by atoms with Crippen LogP contribution in [-0.4, -0.2) is 25.3 Å².